The lowest BCUT2D eigenvalue weighted by Gasteiger charge is -2.26. The molecule has 2 aromatic rings. The molecule has 1 aliphatic carbocycles. The highest BCUT2D eigenvalue weighted by Gasteiger charge is 2.23. The Morgan fingerprint density at radius 2 is 2.19 bits per heavy atom. The molecule has 3 rings (SSSR count). The van der Waals surface area contributed by atoms with Gasteiger partial charge in [0.05, 0.1) is 11.6 Å². The minimum atomic E-state index is 0. The van der Waals surface area contributed by atoms with E-state index in [-0.39, 0.29) is 24.4 Å². The number of fused-ring (bicyclic) bond motifs is 1. The number of aryl methyl sites for hydroxylation is 2. The van der Waals surface area contributed by atoms with Crippen molar-refractivity contribution in [2.45, 2.75) is 32.2 Å². The third kappa shape index (κ3) is 3.22. The Balaban J connectivity index is 0.00000161. The predicted octanol–water partition coefficient (Wildman–Crippen LogP) is 3.87. The van der Waals surface area contributed by atoms with Crippen molar-refractivity contribution in [3.8, 4) is 0 Å². The molecule has 0 bridgehead atoms. The molecule has 3 N–H and O–H groups in total. The number of carbonyl (C=O) groups is 1. The van der Waals surface area contributed by atoms with Crippen LogP contribution in [0.15, 0.2) is 29.0 Å². The maximum absolute atomic E-state index is 12.3. The Hall–Kier alpha value is -1.52. The summed E-state index contributed by atoms with van der Waals surface area (Å²) >= 11 is 1.57. The molecule has 1 aromatic heterocycles. The summed E-state index contributed by atoms with van der Waals surface area (Å²) in [5.41, 5.74) is 10.9. The highest BCUT2D eigenvalue weighted by Crippen LogP contribution is 2.31. The van der Waals surface area contributed by atoms with Gasteiger partial charge in [0.15, 0.2) is 0 Å². The molecule has 3 nitrogen and oxygen atoms in total. The summed E-state index contributed by atoms with van der Waals surface area (Å²) in [6.07, 6.45) is 3.13. The van der Waals surface area contributed by atoms with Crippen LogP contribution in [0.3, 0.4) is 0 Å². The molecule has 0 aliphatic heterocycles. The SMILES string of the molecule is Cc1cscc1C(=O)NC1CCCc2cc(N)ccc21.Cl. The number of nitrogen functional groups attached to an aromatic ring is 1. The van der Waals surface area contributed by atoms with Gasteiger partial charge in [-0.1, -0.05) is 6.07 Å². The quantitative estimate of drug-likeness (QED) is 0.825. The molecule has 0 radical (unpaired) electrons. The fourth-order valence-corrected chi connectivity index (χ4v) is 3.64. The van der Waals surface area contributed by atoms with Gasteiger partial charge in [-0.3, -0.25) is 4.79 Å². The minimum absolute atomic E-state index is 0. The number of anilines is 1. The lowest BCUT2D eigenvalue weighted by atomic mass is 9.87. The van der Waals surface area contributed by atoms with Gasteiger partial charge >= 0.3 is 0 Å². The van der Waals surface area contributed by atoms with Gasteiger partial charge in [0.25, 0.3) is 5.91 Å². The van der Waals surface area contributed by atoms with E-state index in [0.717, 1.165) is 36.1 Å². The van der Waals surface area contributed by atoms with Crippen molar-refractivity contribution in [3.05, 3.63) is 51.2 Å². The van der Waals surface area contributed by atoms with E-state index < -0.39 is 0 Å². The van der Waals surface area contributed by atoms with Gasteiger partial charge in [0.1, 0.15) is 0 Å². The molecule has 1 amide bonds. The van der Waals surface area contributed by atoms with Crippen molar-refractivity contribution < 1.29 is 4.79 Å². The van der Waals surface area contributed by atoms with Gasteiger partial charge in [-0.25, -0.2) is 0 Å². The van der Waals surface area contributed by atoms with Crippen LogP contribution in [0.4, 0.5) is 5.69 Å². The zero-order valence-electron chi connectivity index (χ0n) is 11.9. The number of thiophene rings is 1. The molecule has 0 saturated heterocycles. The molecule has 1 heterocycles. The summed E-state index contributed by atoms with van der Waals surface area (Å²) in [7, 11) is 0. The minimum Gasteiger partial charge on any atom is -0.399 e. The molecule has 0 spiro atoms. The number of nitrogens with one attached hydrogen (secondary N) is 1. The highest BCUT2D eigenvalue weighted by atomic mass is 35.5. The van der Waals surface area contributed by atoms with Gasteiger partial charge in [-0.15, -0.1) is 12.4 Å². The largest absolute Gasteiger partial charge is 0.399 e. The van der Waals surface area contributed by atoms with E-state index in [1.807, 2.05) is 29.8 Å². The number of nitrogens with two attached hydrogens (primary N) is 1. The lowest BCUT2D eigenvalue weighted by Crippen LogP contribution is -2.31. The normalized spacial score (nSPS) is 16.7. The average molecular weight is 323 g/mol. The standard InChI is InChI=1S/C16H18N2OS.ClH/c1-10-8-20-9-14(10)16(19)18-15-4-2-3-11-7-12(17)5-6-13(11)15;/h5-9,15H,2-4,17H2,1H3,(H,18,19);1H. The van der Waals surface area contributed by atoms with Crippen molar-refractivity contribution in [2.24, 2.45) is 0 Å². The third-order valence-corrected chi connectivity index (χ3v) is 4.75. The number of benzene rings is 1. The first-order valence-corrected chi connectivity index (χ1v) is 7.81. The van der Waals surface area contributed by atoms with Crippen molar-refractivity contribution in [2.75, 3.05) is 5.73 Å². The van der Waals surface area contributed by atoms with Gasteiger partial charge in [0, 0.05) is 11.1 Å². The molecular formula is C16H19ClN2OS. The first kappa shape index (κ1) is 15.9. The van der Waals surface area contributed by atoms with Crippen molar-refractivity contribution in [1.29, 1.82) is 0 Å². The molecule has 1 aromatic carbocycles. The summed E-state index contributed by atoms with van der Waals surface area (Å²) in [4.78, 5) is 12.3. The second kappa shape index (κ2) is 6.50. The summed E-state index contributed by atoms with van der Waals surface area (Å²) in [5, 5.41) is 7.08. The maximum atomic E-state index is 12.3. The highest BCUT2D eigenvalue weighted by molar-refractivity contribution is 7.08. The maximum Gasteiger partial charge on any atom is 0.252 e. The second-order valence-corrected chi connectivity index (χ2v) is 6.09. The molecular weight excluding hydrogens is 304 g/mol. The van der Waals surface area contributed by atoms with E-state index in [1.54, 1.807) is 11.3 Å². The zero-order valence-corrected chi connectivity index (χ0v) is 13.5. The van der Waals surface area contributed by atoms with Crippen LogP contribution >= 0.6 is 23.7 Å². The molecule has 112 valence electrons. The molecule has 21 heavy (non-hydrogen) atoms. The van der Waals surface area contributed by atoms with Gasteiger partial charge in [-0.05, 0) is 60.4 Å². The van der Waals surface area contributed by atoms with Crippen molar-refractivity contribution in [3.63, 3.8) is 0 Å². The van der Waals surface area contributed by atoms with Crippen molar-refractivity contribution >= 4 is 35.3 Å². The van der Waals surface area contributed by atoms with Crippen LogP contribution in [0.5, 0.6) is 0 Å². The van der Waals surface area contributed by atoms with Crippen LogP contribution < -0.4 is 11.1 Å². The Labute approximate surface area is 135 Å². The number of rotatable bonds is 2. The molecule has 1 aliphatic rings. The molecule has 5 heteroatoms. The van der Waals surface area contributed by atoms with Crippen LogP contribution in [-0.2, 0) is 6.42 Å². The summed E-state index contributed by atoms with van der Waals surface area (Å²) in [6, 6.07) is 6.10. The average Bonchev–Trinajstić information content (AvgIpc) is 2.85. The van der Waals surface area contributed by atoms with E-state index in [2.05, 4.69) is 11.4 Å². The lowest BCUT2D eigenvalue weighted by molar-refractivity contribution is 0.0932. The number of hydrogen-bond acceptors (Lipinski definition) is 3. The van der Waals surface area contributed by atoms with E-state index >= 15 is 0 Å². The van der Waals surface area contributed by atoms with Gasteiger partial charge in [-0.2, -0.15) is 11.3 Å². The van der Waals surface area contributed by atoms with Gasteiger partial charge in [0.2, 0.25) is 0 Å². The molecule has 0 fully saturated rings. The first-order chi connectivity index (χ1) is 9.65. The molecule has 1 unspecified atom stereocenters. The smallest absolute Gasteiger partial charge is 0.252 e. The van der Waals surface area contributed by atoms with Crippen molar-refractivity contribution in [1.82, 2.24) is 5.32 Å². The zero-order chi connectivity index (χ0) is 14.1. The van der Waals surface area contributed by atoms with Crippen LogP contribution in [0.1, 0.15) is 45.9 Å². The Morgan fingerprint density at radius 3 is 2.90 bits per heavy atom. The van der Waals surface area contributed by atoms with Gasteiger partial charge < -0.3 is 11.1 Å². The summed E-state index contributed by atoms with van der Waals surface area (Å²) < 4.78 is 0. The molecule has 1 atom stereocenters. The molecule has 0 saturated carbocycles. The Morgan fingerprint density at radius 1 is 1.38 bits per heavy atom. The van der Waals surface area contributed by atoms with E-state index in [0.29, 0.717) is 0 Å². The van der Waals surface area contributed by atoms with Crippen LogP contribution in [-0.4, -0.2) is 5.91 Å². The number of halogens is 1. The summed E-state index contributed by atoms with van der Waals surface area (Å²) in [6.45, 7) is 1.97. The topological polar surface area (TPSA) is 55.1 Å². The fourth-order valence-electron chi connectivity index (χ4n) is 2.81. The van der Waals surface area contributed by atoms with E-state index in [9.17, 15) is 4.79 Å². The van der Waals surface area contributed by atoms with Crippen LogP contribution in [0.2, 0.25) is 0 Å². The summed E-state index contributed by atoms with van der Waals surface area (Å²) in [5.74, 6) is 0.0263. The first-order valence-electron chi connectivity index (χ1n) is 6.87. The number of carbonyl (C=O) groups excluding carboxylic acids is 1. The number of hydrogen-bond donors (Lipinski definition) is 2. The fraction of sp³-hybridized carbons (Fsp3) is 0.312. The number of amides is 1. The predicted molar refractivity (Wildman–Crippen MR) is 90.3 cm³/mol. The third-order valence-electron chi connectivity index (χ3n) is 3.89. The monoisotopic (exact) mass is 322 g/mol. The van der Waals surface area contributed by atoms with E-state index in [4.69, 9.17) is 5.73 Å². The van der Waals surface area contributed by atoms with Crippen LogP contribution in [0, 0.1) is 6.92 Å². The Kier molecular flexibility index (Phi) is 4.91. The Bertz CT molecular complexity index is 653. The second-order valence-electron chi connectivity index (χ2n) is 5.35. The van der Waals surface area contributed by atoms with E-state index in [1.165, 1.54) is 11.1 Å². The van der Waals surface area contributed by atoms with Crippen LogP contribution in [0.25, 0.3) is 0 Å².